The highest BCUT2D eigenvalue weighted by Gasteiger charge is 2.15. The van der Waals surface area contributed by atoms with Gasteiger partial charge in [0.05, 0.1) is 21.9 Å². The largest absolute Gasteiger partial charge is 0.253 e. The van der Waals surface area contributed by atoms with Crippen molar-refractivity contribution in [1.29, 1.82) is 0 Å². The Labute approximate surface area is 123 Å². The summed E-state index contributed by atoms with van der Waals surface area (Å²) >= 11 is 6.29. The van der Waals surface area contributed by atoms with E-state index in [9.17, 15) is 0 Å². The van der Waals surface area contributed by atoms with Crippen LogP contribution in [0.15, 0.2) is 42.6 Å². The molecule has 0 radical (unpaired) electrons. The maximum absolute atomic E-state index is 6.29. The Bertz CT molecular complexity index is 746. The summed E-state index contributed by atoms with van der Waals surface area (Å²) in [5, 5.41) is 5.42. The minimum absolute atomic E-state index is 0.537. The number of halogens is 1. The molecule has 0 spiro atoms. The van der Waals surface area contributed by atoms with Crippen molar-refractivity contribution in [2.75, 3.05) is 0 Å². The fraction of sp³-hybridized carbons (Fsp3) is 0.250. The lowest BCUT2D eigenvalue weighted by Gasteiger charge is -2.05. The molecule has 0 aliphatic carbocycles. The van der Waals surface area contributed by atoms with E-state index in [2.05, 4.69) is 18.8 Å². The molecule has 20 heavy (non-hydrogen) atoms. The second-order valence-electron chi connectivity index (χ2n) is 5.28. The predicted octanol–water partition coefficient (Wildman–Crippen LogP) is 4.27. The van der Waals surface area contributed by atoms with Crippen molar-refractivity contribution in [1.82, 2.24) is 14.8 Å². The first-order chi connectivity index (χ1) is 9.66. The van der Waals surface area contributed by atoms with Crippen LogP contribution in [-0.4, -0.2) is 14.8 Å². The summed E-state index contributed by atoms with van der Waals surface area (Å²) in [6.07, 6.45) is 2.72. The second-order valence-corrected chi connectivity index (χ2v) is 5.69. The lowest BCUT2D eigenvalue weighted by atomic mass is 10.1. The number of hydrogen-bond acceptors (Lipinski definition) is 2. The molecule has 3 aromatic rings. The SMILES string of the molecule is CC(C)Cc1nn(-c2ccccc2Cl)c2cccnc12. The smallest absolute Gasteiger partial charge is 0.112 e. The molecule has 0 saturated carbocycles. The standard InChI is InChI=1S/C16H16ClN3/c1-11(2)10-13-16-15(8-5-9-18-16)20(19-13)14-7-4-3-6-12(14)17/h3-9,11H,10H2,1-2H3. The van der Waals surface area contributed by atoms with Gasteiger partial charge < -0.3 is 0 Å². The molecule has 0 amide bonds. The maximum Gasteiger partial charge on any atom is 0.112 e. The van der Waals surface area contributed by atoms with Gasteiger partial charge in [0.25, 0.3) is 0 Å². The van der Waals surface area contributed by atoms with Gasteiger partial charge in [-0.2, -0.15) is 5.10 Å². The summed E-state index contributed by atoms with van der Waals surface area (Å²) in [6, 6.07) is 11.7. The summed E-state index contributed by atoms with van der Waals surface area (Å²) < 4.78 is 1.89. The van der Waals surface area contributed by atoms with Gasteiger partial charge in [0.2, 0.25) is 0 Å². The van der Waals surface area contributed by atoms with E-state index < -0.39 is 0 Å². The van der Waals surface area contributed by atoms with Crippen molar-refractivity contribution in [3.63, 3.8) is 0 Å². The fourth-order valence-corrected chi connectivity index (χ4v) is 2.56. The number of nitrogens with zero attached hydrogens (tertiary/aromatic N) is 3. The van der Waals surface area contributed by atoms with Crippen LogP contribution in [0.3, 0.4) is 0 Å². The molecule has 102 valence electrons. The fourth-order valence-electron chi connectivity index (χ4n) is 2.34. The summed E-state index contributed by atoms with van der Waals surface area (Å²) in [6.45, 7) is 4.37. The number of pyridine rings is 1. The Morgan fingerprint density at radius 1 is 1.15 bits per heavy atom. The van der Waals surface area contributed by atoms with Crippen LogP contribution in [0, 0.1) is 5.92 Å². The summed E-state index contributed by atoms with van der Waals surface area (Å²) in [5.74, 6) is 0.537. The van der Waals surface area contributed by atoms with Crippen LogP contribution in [0.1, 0.15) is 19.5 Å². The Morgan fingerprint density at radius 2 is 1.95 bits per heavy atom. The molecule has 3 rings (SSSR count). The molecular formula is C16H16ClN3. The number of para-hydroxylation sites is 1. The molecule has 0 fully saturated rings. The molecule has 0 atom stereocenters. The van der Waals surface area contributed by atoms with Gasteiger partial charge in [0, 0.05) is 6.20 Å². The Morgan fingerprint density at radius 3 is 2.70 bits per heavy atom. The predicted molar refractivity (Wildman–Crippen MR) is 82.4 cm³/mol. The molecule has 2 aromatic heterocycles. The van der Waals surface area contributed by atoms with Gasteiger partial charge in [-0.15, -0.1) is 0 Å². The van der Waals surface area contributed by atoms with Crippen LogP contribution < -0.4 is 0 Å². The van der Waals surface area contributed by atoms with Crippen LogP contribution >= 0.6 is 11.6 Å². The summed E-state index contributed by atoms with van der Waals surface area (Å²) in [7, 11) is 0. The molecule has 0 saturated heterocycles. The Balaban J connectivity index is 2.24. The van der Waals surface area contributed by atoms with Crippen LogP contribution in [-0.2, 0) is 6.42 Å². The van der Waals surface area contributed by atoms with Gasteiger partial charge in [-0.1, -0.05) is 37.6 Å². The number of aromatic nitrogens is 3. The van der Waals surface area contributed by atoms with E-state index in [4.69, 9.17) is 16.7 Å². The van der Waals surface area contributed by atoms with E-state index in [0.29, 0.717) is 10.9 Å². The van der Waals surface area contributed by atoms with Crippen molar-refractivity contribution >= 4 is 22.6 Å². The minimum Gasteiger partial charge on any atom is -0.253 e. The number of benzene rings is 1. The van der Waals surface area contributed by atoms with Crippen LogP contribution in [0.2, 0.25) is 5.02 Å². The first-order valence-corrected chi connectivity index (χ1v) is 7.12. The summed E-state index contributed by atoms with van der Waals surface area (Å²) in [5.41, 5.74) is 3.87. The highest BCUT2D eigenvalue weighted by Crippen LogP contribution is 2.26. The topological polar surface area (TPSA) is 30.7 Å². The lowest BCUT2D eigenvalue weighted by Crippen LogP contribution is -2.00. The first-order valence-electron chi connectivity index (χ1n) is 6.74. The molecule has 0 aliphatic heterocycles. The highest BCUT2D eigenvalue weighted by molar-refractivity contribution is 6.32. The highest BCUT2D eigenvalue weighted by atomic mass is 35.5. The van der Waals surface area contributed by atoms with Gasteiger partial charge >= 0.3 is 0 Å². The molecule has 1 aromatic carbocycles. The lowest BCUT2D eigenvalue weighted by molar-refractivity contribution is 0.630. The van der Waals surface area contributed by atoms with Gasteiger partial charge in [-0.25, -0.2) is 4.68 Å². The van der Waals surface area contributed by atoms with E-state index >= 15 is 0 Å². The van der Waals surface area contributed by atoms with Crippen molar-refractivity contribution in [2.24, 2.45) is 5.92 Å². The van der Waals surface area contributed by atoms with Gasteiger partial charge in [-0.3, -0.25) is 4.98 Å². The van der Waals surface area contributed by atoms with Gasteiger partial charge in [0.15, 0.2) is 0 Å². The third kappa shape index (κ3) is 2.29. The van der Waals surface area contributed by atoms with Crippen LogP contribution in [0.5, 0.6) is 0 Å². The van der Waals surface area contributed by atoms with E-state index in [1.54, 1.807) is 0 Å². The third-order valence-corrected chi connectivity index (χ3v) is 3.51. The first kappa shape index (κ1) is 13.1. The average Bonchev–Trinajstić information content (AvgIpc) is 2.78. The maximum atomic E-state index is 6.29. The van der Waals surface area contributed by atoms with Crippen LogP contribution in [0.25, 0.3) is 16.7 Å². The van der Waals surface area contributed by atoms with Gasteiger partial charge in [-0.05, 0) is 36.6 Å². The quantitative estimate of drug-likeness (QED) is 0.719. The van der Waals surface area contributed by atoms with Crippen molar-refractivity contribution in [3.05, 3.63) is 53.3 Å². The molecule has 2 heterocycles. The number of hydrogen-bond donors (Lipinski definition) is 0. The monoisotopic (exact) mass is 285 g/mol. The van der Waals surface area contributed by atoms with E-state index in [1.807, 2.05) is 47.3 Å². The zero-order chi connectivity index (χ0) is 14.1. The zero-order valence-electron chi connectivity index (χ0n) is 11.5. The average molecular weight is 286 g/mol. The third-order valence-electron chi connectivity index (χ3n) is 3.19. The van der Waals surface area contributed by atoms with E-state index in [1.165, 1.54) is 0 Å². The number of rotatable bonds is 3. The number of fused-ring (bicyclic) bond motifs is 1. The normalized spacial score (nSPS) is 11.4. The molecule has 0 unspecified atom stereocenters. The van der Waals surface area contributed by atoms with Crippen LogP contribution in [0.4, 0.5) is 0 Å². The molecule has 0 aliphatic rings. The molecule has 0 N–H and O–H groups in total. The zero-order valence-corrected chi connectivity index (χ0v) is 12.3. The molecule has 3 nitrogen and oxygen atoms in total. The van der Waals surface area contributed by atoms with E-state index in [-0.39, 0.29) is 0 Å². The molecule has 0 bridgehead atoms. The van der Waals surface area contributed by atoms with Gasteiger partial charge in [0.1, 0.15) is 5.52 Å². The van der Waals surface area contributed by atoms with Crippen molar-refractivity contribution in [3.8, 4) is 5.69 Å². The minimum atomic E-state index is 0.537. The van der Waals surface area contributed by atoms with Crippen molar-refractivity contribution in [2.45, 2.75) is 20.3 Å². The summed E-state index contributed by atoms with van der Waals surface area (Å²) in [4.78, 5) is 4.48. The molecular weight excluding hydrogens is 270 g/mol. The van der Waals surface area contributed by atoms with Crippen molar-refractivity contribution < 1.29 is 0 Å². The molecule has 4 heteroatoms. The Hall–Kier alpha value is -1.87. The second kappa shape index (κ2) is 5.25. The van der Waals surface area contributed by atoms with E-state index in [0.717, 1.165) is 28.8 Å². The Kier molecular flexibility index (Phi) is 3.45.